The molecule has 1 amide bonds. The average molecular weight is 329 g/mol. The van der Waals surface area contributed by atoms with Gasteiger partial charge in [-0.1, -0.05) is 36.6 Å². The van der Waals surface area contributed by atoms with E-state index in [0.717, 1.165) is 37.7 Å². The van der Waals surface area contributed by atoms with Crippen molar-refractivity contribution in [1.29, 1.82) is 0 Å². The number of benzene rings is 1. The van der Waals surface area contributed by atoms with Crippen LogP contribution in [-0.2, 0) is 10.3 Å². The number of rotatable bonds is 5. The van der Waals surface area contributed by atoms with Gasteiger partial charge >= 0.3 is 0 Å². The molecule has 128 valence electrons. The SMILES string of the molecule is Cc1cccc(OCC(=O)NC2(c3nc(C)no3)CCCCC2)c1. The first kappa shape index (κ1) is 16.5. The molecule has 0 spiro atoms. The summed E-state index contributed by atoms with van der Waals surface area (Å²) in [5, 5.41) is 6.97. The normalized spacial score (nSPS) is 16.6. The Balaban J connectivity index is 1.67. The third-order valence-electron chi connectivity index (χ3n) is 4.38. The lowest BCUT2D eigenvalue weighted by atomic mass is 9.81. The van der Waals surface area contributed by atoms with E-state index < -0.39 is 5.54 Å². The van der Waals surface area contributed by atoms with Crippen molar-refractivity contribution < 1.29 is 14.1 Å². The second-order valence-electron chi connectivity index (χ2n) is 6.44. The predicted octanol–water partition coefficient (Wildman–Crippen LogP) is 3.04. The van der Waals surface area contributed by atoms with Gasteiger partial charge in [-0.05, 0) is 44.4 Å². The molecule has 1 aromatic carbocycles. The van der Waals surface area contributed by atoms with Crippen LogP contribution < -0.4 is 10.1 Å². The van der Waals surface area contributed by atoms with Crippen LogP contribution in [-0.4, -0.2) is 22.7 Å². The monoisotopic (exact) mass is 329 g/mol. The molecule has 3 rings (SSSR count). The molecule has 6 nitrogen and oxygen atoms in total. The van der Waals surface area contributed by atoms with Crippen molar-refractivity contribution in [3.05, 3.63) is 41.5 Å². The van der Waals surface area contributed by atoms with Gasteiger partial charge in [0, 0.05) is 0 Å². The Morgan fingerprint density at radius 2 is 2.08 bits per heavy atom. The fraction of sp³-hybridized carbons (Fsp3) is 0.500. The first-order valence-corrected chi connectivity index (χ1v) is 8.39. The highest BCUT2D eigenvalue weighted by Gasteiger charge is 2.40. The molecule has 0 unspecified atom stereocenters. The Kier molecular flexibility index (Phi) is 4.83. The number of hydrogen-bond acceptors (Lipinski definition) is 5. The zero-order valence-corrected chi connectivity index (χ0v) is 14.2. The zero-order valence-electron chi connectivity index (χ0n) is 14.2. The highest BCUT2D eigenvalue weighted by molar-refractivity contribution is 5.78. The van der Waals surface area contributed by atoms with Crippen LogP contribution >= 0.6 is 0 Å². The smallest absolute Gasteiger partial charge is 0.258 e. The number of hydrogen-bond donors (Lipinski definition) is 1. The Bertz CT molecular complexity index is 705. The summed E-state index contributed by atoms with van der Waals surface area (Å²) in [6, 6.07) is 7.65. The van der Waals surface area contributed by atoms with E-state index in [2.05, 4.69) is 15.5 Å². The molecule has 0 aliphatic heterocycles. The maximum absolute atomic E-state index is 12.4. The van der Waals surface area contributed by atoms with Gasteiger partial charge in [-0.25, -0.2) is 0 Å². The predicted molar refractivity (Wildman–Crippen MR) is 88.6 cm³/mol. The topological polar surface area (TPSA) is 77.2 Å². The fourth-order valence-electron chi connectivity index (χ4n) is 3.20. The molecule has 0 saturated heterocycles. The molecule has 1 saturated carbocycles. The van der Waals surface area contributed by atoms with E-state index in [0.29, 0.717) is 17.5 Å². The first-order valence-electron chi connectivity index (χ1n) is 8.39. The molecule has 1 aliphatic carbocycles. The average Bonchev–Trinajstić information content (AvgIpc) is 3.01. The second-order valence-corrected chi connectivity index (χ2v) is 6.44. The summed E-state index contributed by atoms with van der Waals surface area (Å²) in [7, 11) is 0. The highest BCUT2D eigenvalue weighted by Crippen LogP contribution is 2.36. The lowest BCUT2D eigenvalue weighted by Gasteiger charge is -2.34. The lowest BCUT2D eigenvalue weighted by Crippen LogP contribution is -2.49. The van der Waals surface area contributed by atoms with E-state index in [1.165, 1.54) is 0 Å². The fourth-order valence-corrected chi connectivity index (χ4v) is 3.20. The molecule has 0 bridgehead atoms. The molecule has 2 aromatic rings. The lowest BCUT2D eigenvalue weighted by molar-refractivity contribution is -0.126. The molecule has 1 N–H and O–H groups in total. The summed E-state index contributed by atoms with van der Waals surface area (Å²) in [6.07, 6.45) is 4.83. The number of amides is 1. The highest BCUT2D eigenvalue weighted by atomic mass is 16.5. The molecule has 0 radical (unpaired) electrons. The van der Waals surface area contributed by atoms with Crippen molar-refractivity contribution in [3.63, 3.8) is 0 Å². The van der Waals surface area contributed by atoms with Crippen LogP contribution in [0.2, 0.25) is 0 Å². The third-order valence-corrected chi connectivity index (χ3v) is 4.38. The summed E-state index contributed by atoms with van der Waals surface area (Å²) >= 11 is 0. The number of nitrogens with one attached hydrogen (secondary N) is 1. The summed E-state index contributed by atoms with van der Waals surface area (Å²) in [5.74, 6) is 1.61. The van der Waals surface area contributed by atoms with Crippen LogP contribution in [0.4, 0.5) is 0 Å². The van der Waals surface area contributed by atoms with Gasteiger partial charge in [-0.2, -0.15) is 4.98 Å². The minimum atomic E-state index is -0.563. The first-order chi connectivity index (χ1) is 11.6. The summed E-state index contributed by atoms with van der Waals surface area (Å²) in [4.78, 5) is 16.8. The number of carbonyl (C=O) groups excluding carboxylic acids is 1. The van der Waals surface area contributed by atoms with Gasteiger partial charge in [0.15, 0.2) is 12.4 Å². The van der Waals surface area contributed by atoms with Crippen molar-refractivity contribution in [2.75, 3.05) is 6.61 Å². The molecule has 1 fully saturated rings. The van der Waals surface area contributed by atoms with Crippen LogP contribution in [0.1, 0.15) is 49.4 Å². The zero-order chi connectivity index (χ0) is 17.0. The Morgan fingerprint density at radius 1 is 1.29 bits per heavy atom. The molecule has 1 aliphatic rings. The minimum Gasteiger partial charge on any atom is -0.484 e. The van der Waals surface area contributed by atoms with Gasteiger partial charge in [0.05, 0.1) is 0 Å². The molecule has 24 heavy (non-hydrogen) atoms. The summed E-state index contributed by atoms with van der Waals surface area (Å²) in [6.45, 7) is 3.74. The van der Waals surface area contributed by atoms with Crippen molar-refractivity contribution in [2.24, 2.45) is 0 Å². The van der Waals surface area contributed by atoms with Crippen molar-refractivity contribution in [1.82, 2.24) is 15.5 Å². The van der Waals surface area contributed by atoms with Gasteiger partial charge in [0.2, 0.25) is 0 Å². The molecule has 1 aromatic heterocycles. The van der Waals surface area contributed by atoms with Crippen LogP contribution in [0.25, 0.3) is 0 Å². The van der Waals surface area contributed by atoms with E-state index in [1.807, 2.05) is 31.2 Å². The number of carbonyl (C=O) groups is 1. The van der Waals surface area contributed by atoms with Crippen LogP contribution in [0, 0.1) is 13.8 Å². The maximum Gasteiger partial charge on any atom is 0.258 e. The molecule has 1 heterocycles. The maximum atomic E-state index is 12.4. The van der Waals surface area contributed by atoms with Crippen molar-refractivity contribution >= 4 is 5.91 Å². The van der Waals surface area contributed by atoms with Gasteiger partial charge in [0.1, 0.15) is 11.3 Å². The van der Waals surface area contributed by atoms with Crippen LogP contribution in [0.3, 0.4) is 0 Å². The van der Waals surface area contributed by atoms with Crippen molar-refractivity contribution in [3.8, 4) is 5.75 Å². The number of aryl methyl sites for hydroxylation is 2. The molecular weight excluding hydrogens is 306 g/mol. The minimum absolute atomic E-state index is 0.0294. The molecular formula is C18H23N3O3. The van der Waals surface area contributed by atoms with Crippen LogP contribution in [0.15, 0.2) is 28.8 Å². The largest absolute Gasteiger partial charge is 0.484 e. The Labute approximate surface area is 141 Å². The van der Waals surface area contributed by atoms with Crippen molar-refractivity contribution in [2.45, 2.75) is 51.5 Å². The van der Waals surface area contributed by atoms with E-state index >= 15 is 0 Å². The van der Waals surface area contributed by atoms with Gasteiger partial charge < -0.3 is 14.6 Å². The second kappa shape index (κ2) is 7.03. The number of ether oxygens (including phenoxy) is 1. The van der Waals surface area contributed by atoms with Crippen LogP contribution in [0.5, 0.6) is 5.75 Å². The van der Waals surface area contributed by atoms with E-state index in [9.17, 15) is 4.79 Å². The quantitative estimate of drug-likeness (QED) is 0.912. The van der Waals surface area contributed by atoms with E-state index in [4.69, 9.17) is 9.26 Å². The van der Waals surface area contributed by atoms with Gasteiger partial charge in [0.25, 0.3) is 11.8 Å². The molecule has 6 heteroatoms. The van der Waals surface area contributed by atoms with Gasteiger partial charge in [-0.3, -0.25) is 4.79 Å². The number of aromatic nitrogens is 2. The standard InChI is InChI=1S/C18H23N3O3/c1-13-7-6-8-15(11-13)23-12-16(22)20-18(9-4-3-5-10-18)17-19-14(2)21-24-17/h6-8,11H,3-5,9-10,12H2,1-2H3,(H,20,22). The number of nitrogens with zero attached hydrogens (tertiary/aromatic N) is 2. The van der Waals surface area contributed by atoms with Gasteiger partial charge in [-0.15, -0.1) is 0 Å². The third kappa shape index (κ3) is 3.75. The Hall–Kier alpha value is -2.37. The van der Waals surface area contributed by atoms with E-state index in [1.54, 1.807) is 6.92 Å². The Morgan fingerprint density at radius 3 is 2.75 bits per heavy atom. The summed E-state index contributed by atoms with van der Waals surface area (Å²) in [5.41, 5.74) is 0.532. The summed E-state index contributed by atoms with van der Waals surface area (Å²) < 4.78 is 11.0. The van der Waals surface area contributed by atoms with E-state index in [-0.39, 0.29) is 12.5 Å². The molecule has 0 atom stereocenters.